The summed E-state index contributed by atoms with van der Waals surface area (Å²) >= 11 is 5.65. The van der Waals surface area contributed by atoms with Gasteiger partial charge in [-0.2, -0.15) is 10.4 Å². The van der Waals surface area contributed by atoms with Gasteiger partial charge in [-0.3, -0.25) is 4.79 Å². The summed E-state index contributed by atoms with van der Waals surface area (Å²) in [5.74, 6) is 0. The lowest BCUT2D eigenvalue weighted by Gasteiger charge is -2.17. The minimum Gasteiger partial charge on any atom is -0.373 e. The SMILES string of the molecule is CCCN(C)c1cnn(CC(Cl)C#N)c(=O)c1. The Morgan fingerprint density at radius 3 is 2.94 bits per heavy atom. The molecular weight excluding hydrogens is 240 g/mol. The summed E-state index contributed by atoms with van der Waals surface area (Å²) in [4.78, 5) is 13.7. The molecule has 17 heavy (non-hydrogen) atoms. The van der Waals surface area contributed by atoms with E-state index < -0.39 is 5.38 Å². The molecule has 0 spiro atoms. The summed E-state index contributed by atoms with van der Waals surface area (Å²) in [6.07, 6.45) is 2.61. The van der Waals surface area contributed by atoms with Crippen molar-refractivity contribution in [1.29, 1.82) is 5.26 Å². The summed E-state index contributed by atoms with van der Waals surface area (Å²) in [6, 6.07) is 3.36. The van der Waals surface area contributed by atoms with E-state index in [2.05, 4.69) is 12.0 Å². The van der Waals surface area contributed by atoms with Crippen molar-refractivity contribution in [2.45, 2.75) is 25.3 Å². The minimum absolute atomic E-state index is 0.106. The zero-order valence-corrected chi connectivity index (χ0v) is 10.7. The third-order valence-corrected chi connectivity index (χ3v) is 2.56. The molecule has 6 heteroatoms. The fourth-order valence-electron chi connectivity index (χ4n) is 1.43. The van der Waals surface area contributed by atoms with Crippen LogP contribution in [0.15, 0.2) is 17.1 Å². The van der Waals surface area contributed by atoms with Crippen LogP contribution in [-0.4, -0.2) is 28.8 Å². The van der Waals surface area contributed by atoms with Gasteiger partial charge in [0.25, 0.3) is 5.56 Å². The Morgan fingerprint density at radius 2 is 2.41 bits per heavy atom. The molecule has 1 aromatic heterocycles. The number of aromatic nitrogens is 2. The highest BCUT2D eigenvalue weighted by atomic mass is 35.5. The van der Waals surface area contributed by atoms with E-state index in [4.69, 9.17) is 16.9 Å². The number of nitriles is 1. The van der Waals surface area contributed by atoms with Gasteiger partial charge in [-0.15, -0.1) is 11.6 Å². The van der Waals surface area contributed by atoms with Gasteiger partial charge in [0.15, 0.2) is 0 Å². The summed E-state index contributed by atoms with van der Waals surface area (Å²) in [5.41, 5.74) is 0.530. The van der Waals surface area contributed by atoms with Crippen LogP contribution in [0.1, 0.15) is 13.3 Å². The predicted molar refractivity (Wildman–Crippen MR) is 67.3 cm³/mol. The molecule has 0 bridgehead atoms. The summed E-state index contributed by atoms with van der Waals surface area (Å²) < 4.78 is 1.20. The number of nitrogens with zero attached hydrogens (tertiary/aromatic N) is 4. The zero-order chi connectivity index (χ0) is 12.8. The van der Waals surface area contributed by atoms with Crippen LogP contribution in [0.5, 0.6) is 0 Å². The van der Waals surface area contributed by atoms with Crippen molar-refractivity contribution in [2.75, 3.05) is 18.5 Å². The first kappa shape index (κ1) is 13.5. The molecule has 0 radical (unpaired) electrons. The van der Waals surface area contributed by atoms with Crippen LogP contribution >= 0.6 is 11.6 Å². The third-order valence-electron chi connectivity index (χ3n) is 2.33. The van der Waals surface area contributed by atoms with Crippen molar-refractivity contribution in [1.82, 2.24) is 9.78 Å². The van der Waals surface area contributed by atoms with Crippen LogP contribution in [-0.2, 0) is 6.54 Å². The lowest BCUT2D eigenvalue weighted by atomic mass is 10.3. The van der Waals surface area contributed by atoms with E-state index in [0.717, 1.165) is 18.7 Å². The first-order valence-electron chi connectivity index (χ1n) is 5.40. The average molecular weight is 255 g/mol. The maximum atomic E-state index is 11.7. The Kier molecular flexibility index (Phi) is 4.98. The molecule has 1 aromatic rings. The number of hydrogen-bond donors (Lipinski definition) is 0. The highest BCUT2D eigenvalue weighted by Crippen LogP contribution is 2.07. The van der Waals surface area contributed by atoms with Crippen LogP contribution in [0.3, 0.4) is 0 Å². The second kappa shape index (κ2) is 6.26. The van der Waals surface area contributed by atoms with Gasteiger partial charge in [0, 0.05) is 19.7 Å². The van der Waals surface area contributed by atoms with Gasteiger partial charge in [-0.1, -0.05) is 6.92 Å². The average Bonchev–Trinajstić information content (AvgIpc) is 2.31. The Balaban J connectivity index is 2.87. The number of hydrogen-bond acceptors (Lipinski definition) is 4. The van der Waals surface area contributed by atoms with Gasteiger partial charge >= 0.3 is 0 Å². The summed E-state index contributed by atoms with van der Waals surface area (Å²) in [7, 11) is 1.91. The van der Waals surface area contributed by atoms with E-state index in [-0.39, 0.29) is 12.1 Å². The molecule has 0 aliphatic carbocycles. The van der Waals surface area contributed by atoms with E-state index in [1.54, 1.807) is 6.20 Å². The van der Waals surface area contributed by atoms with Crippen LogP contribution in [0.25, 0.3) is 0 Å². The molecule has 0 saturated carbocycles. The van der Waals surface area contributed by atoms with Gasteiger partial charge in [0.05, 0.1) is 24.5 Å². The smallest absolute Gasteiger partial charge is 0.268 e. The molecule has 0 aliphatic rings. The standard InChI is InChI=1S/C11H15ClN4O/c1-3-4-15(2)10-5-11(17)16(14-7-10)8-9(12)6-13/h5,7,9H,3-4,8H2,1-2H3. The number of rotatable bonds is 5. The monoisotopic (exact) mass is 254 g/mol. The van der Waals surface area contributed by atoms with E-state index in [1.807, 2.05) is 18.0 Å². The van der Waals surface area contributed by atoms with E-state index >= 15 is 0 Å². The maximum Gasteiger partial charge on any atom is 0.268 e. The molecule has 0 saturated heterocycles. The van der Waals surface area contributed by atoms with E-state index in [9.17, 15) is 4.79 Å². The topological polar surface area (TPSA) is 61.9 Å². The highest BCUT2D eigenvalue weighted by Gasteiger charge is 2.08. The van der Waals surface area contributed by atoms with Gasteiger partial charge in [-0.25, -0.2) is 4.68 Å². The molecule has 1 atom stereocenters. The molecular formula is C11H15ClN4O. The molecule has 0 N–H and O–H groups in total. The first-order valence-corrected chi connectivity index (χ1v) is 5.84. The van der Waals surface area contributed by atoms with Crippen molar-refractivity contribution >= 4 is 17.3 Å². The fourth-order valence-corrected chi connectivity index (χ4v) is 1.56. The Bertz CT molecular complexity index is 465. The molecule has 0 aromatic carbocycles. The lowest BCUT2D eigenvalue weighted by Crippen LogP contribution is -2.28. The van der Waals surface area contributed by atoms with Crippen LogP contribution < -0.4 is 10.5 Å². The minimum atomic E-state index is -0.737. The molecule has 0 amide bonds. The Hall–Kier alpha value is -1.54. The van der Waals surface area contributed by atoms with Crippen molar-refractivity contribution in [3.05, 3.63) is 22.6 Å². The molecule has 1 unspecified atom stereocenters. The first-order chi connectivity index (χ1) is 8.08. The Labute approximate surface area is 105 Å². The number of anilines is 1. The predicted octanol–water partition coefficient (Wildman–Crippen LogP) is 1.22. The van der Waals surface area contributed by atoms with Crippen molar-refractivity contribution < 1.29 is 0 Å². The Morgan fingerprint density at radius 1 is 1.71 bits per heavy atom. The quantitative estimate of drug-likeness (QED) is 0.742. The second-order valence-corrected chi connectivity index (χ2v) is 4.28. The summed E-state index contributed by atoms with van der Waals surface area (Å²) in [6.45, 7) is 3.03. The zero-order valence-electron chi connectivity index (χ0n) is 9.93. The lowest BCUT2D eigenvalue weighted by molar-refractivity contribution is 0.591. The van der Waals surface area contributed by atoms with Crippen LogP contribution in [0.2, 0.25) is 0 Å². The van der Waals surface area contributed by atoms with Gasteiger partial charge < -0.3 is 4.90 Å². The van der Waals surface area contributed by atoms with Gasteiger partial charge in [0.1, 0.15) is 5.38 Å². The van der Waals surface area contributed by atoms with E-state index in [0.29, 0.717) is 0 Å². The maximum absolute atomic E-state index is 11.7. The van der Waals surface area contributed by atoms with Crippen LogP contribution in [0.4, 0.5) is 5.69 Å². The molecule has 92 valence electrons. The second-order valence-electron chi connectivity index (χ2n) is 3.75. The van der Waals surface area contributed by atoms with Crippen LogP contribution in [0, 0.1) is 11.3 Å². The molecule has 5 nitrogen and oxygen atoms in total. The largest absolute Gasteiger partial charge is 0.373 e. The molecule has 1 heterocycles. The van der Waals surface area contributed by atoms with Crippen molar-refractivity contribution in [2.24, 2.45) is 0 Å². The summed E-state index contributed by atoms with van der Waals surface area (Å²) in [5, 5.41) is 11.8. The highest BCUT2D eigenvalue weighted by molar-refractivity contribution is 6.22. The molecule has 1 rings (SSSR count). The van der Waals surface area contributed by atoms with Crippen molar-refractivity contribution in [3.8, 4) is 6.07 Å². The number of halogens is 1. The van der Waals surface area contributed by atoms with E-state index in [1.165, 1.54) is 10.7 Å². The third kappa shape index (κ3) is 3.75. The molecule has 0 fully saturated rings. The fraction of sp³-hybridized carbons (Fsp3) is 0.545. The normalized spacial score (nSPS) is 11.9. The van der Waals surface area contributed by atoms with Crippen molar-refractivity contribution in [3.63, 3.8) is 0 Å². The van der Waals surface area contributed by atoms with Gasteiger partial charge in [-0.05, 0) is 6.42 Å². The number of alkyl halides is 1. The molecule has 0 aliphatic heterocycles. The van der Waals surface area contributed by atoms with Gasteiger partial charge in [0.2, 0.25) is 0 Å².